The van der Waals surface area contributed by atoms with Crippen molar-refractivity contribution in [3.63, 3.8) is 0 Å². The average molecular weight is 331 g/mol. The molecule has 0 aliphatic carbocycles. The average Bonchev–Trinajstić information content (AvgIpc) is 3.08. The van der Waals surface area contributed by atoms with Crippen molar-refractivity contribution in [2.24, 2.45) is 0 Å². The van der Waals surface area contributed by atoms with Crippen LogP contribution in [0.15, 0.2) is 27.9 Å². The van der Waals surface area contributed by atoms with Crippen LogP contribution in [0.1, 0.15) is 16.8 Å². The predicted molar refractivity (Wildman–Crippen MR) is 82.7 cm³/mol. The summed E-state index contributed by atoms with van der Waals surface area (Å²) >= 11 is 2.75. The quantitative estimate of drug-likeness (QED) is 0.724. The highest BCUT2D eigenvalue weighted by Gasteiger charge is 2.16. The van der Waals surface area contributed by atoms with E-state index in [0.29, 0.717) is 4.21 Å². The van der Waals surface area contributed by atoms with Crippen molar-refractivity contribution >= 4 is 32.7 Å². The monoisotopic (exact) mass is 331 g/mol. The van der Waals surface area contributed by atoms with Crippen LogP contribution in [-0.2, 0) is 23.0 Å². The Kier molecular flexibility index (Phi) is 5.67. The Labute approximate surface area is 127 Å². The smallest absolute Gasteiger partial charge is 0.250 e. The van der Waals surface area contributed by atoms with Crippen LogP contribution in [0.2, 0.25) is 0 Å². The van der Waals surface area contributed by atoms with Gasteiger partial charge in [0.2, 0.25) is 10.0 Å². The molecule has 0 bridgehead atoms. The molecule has 2 N–H and O–H groups in total. The van der Waals surface area contributed by atoms with E-state index >= 15 is 0 Å². The van der Waals surface area contributed by atoms with Gasteiger partial charge in [-0.3, -0.25) is 0 Å². The molecular formula is C12H17N3O2S3. The van der Waals surface area contributed by atoms with Crippen LogP contribution in [0.3, 0.4) is 0 Å². The normalized spacial score (nSPS) is 11.8. The third-order valence-corrected chi connectivity index (χ3v) is 6.41. The Balaban J connectivity index is 1.95. The van der Waals surface area contributed by atoms with Crippen molar-refractivity contribution in [1.82, 2.24) is 15.0 Å². The van der Waals surface area contributed by atoms with Gasteiger partial charge >= 0.3 is 0 Å². The molecule has 0 aromatic carbocycles. The maximum absolute atomic E-state index is 12.1. The van der Waals surface area contributed by atoms with Crippen LogP contribution >= 0.6 is 22.7 Å². The molecule has 0 atom stereocenters. The fraction of sp³-hybridized carbons (Fsp3) is 0.417. The first-order valence-electron chi connectivity index (χ1n) is 6.29. The van der Waals surface area contributed by atoms with Gasteiger partial charge in [-0.1, -0.05) is 6.92 Å². The minimum atomic E-state index is -3.43. The second-order valence-corrected chi connectivity index (χ2v) is 8.22. The highest BCUT2D eigenvalue weighted by Crippen LogP contribution is 2.22. The highest BCUT2D eigenvalue weighted by molar-refractivity contribution is 7.91. The minimum absolute atomic E-state index is 0.241. The van der Waals surface area contributed by atoms with Gasteiger partial charge in [-0.2, -0.15) is 0 Å². The first-order valence-corrected chi connectivity index (χ1v) is 9.47. The van der Waals surface area contributed by atoms with Gasteiger partial charge in [0, 0.05) is 16.5 Å². The van der Waals surface area contributed by atoms with Gasteiger partial charge in [0.1, 0.15) is 9.22 Å². The summed E-state index contributed by atoms with van der Waals surface area (Å²) in [4.78, 5) is 5.12. The number of sulfonamides is 1. The summed E-state index contributed by atoms with van der Waals surface area (Å²) in [6.07, 6.45) is 2.51. The molecule has 0 spiro atoms. The van der Waals surface area contributed by atoms with Crippen LogP contribution < -0.4 is 10.0 Å². The molecule has 2 heterocycles. The summed E-state index contributed by atoms with van der Waals surface area (Å²) in [7, 11) is -3.43. The van der Waals surface area contributed by atoms with E-state index in [1.165, 1.54) is 22.7 Å². The number of thiophene rings is 1. The largest absolute Gasteiger partial charge is 0.317 e. The van der Waals surface area contributed by atoms with Crippen LogP contribution in [0.5, 0.6) is 0 Å². The SMILES string of the molecule is CCNCCc1ccc(S(=O)(=O)NCc2nccs2)s1. The maximum Gasteiger partial charge on any atom is 0.250 e. The molecule has 0 saturated carbocycles. The molecule has 20 heavy (non-hydrogen) atoms. The van der Waals surface area contributed by atoms with Crippen molar-refractivity contribution in [2.45, 2.75) is 24.1 Å². The zero-order valence-corrected chi connectivity index (χ0v) is 13.6. The lowest BCUT2D eigenvalue weighted by atomic mass is 10.3. The van der Waals surface area contributed by atoms with Gasteiger partial charge < -0.3 is 5.32 Å². The lowest BCUT2D eigenvalue weighted by Crippen LogP contribution is -2.22. The minimum Gasteiger partial charge on any atom is -0.317 e. The van der Waals surface area contributed by atoms with Crippen LogP contribution in [0.25, 0.3) is 0 Å². The number of hydrogen-bond acceptors (Lipinski definition) is 6. The molecule has 5 nitrogen and oxygen atoms in total. The van der Waals surface area contributed by atoms with E-state index in [1.54, 1.807) is 12.3 Å². The number of nitrogens with zero attached hydrogens (tertiary/aromatic N) is 1. The lowest BCUT2D eigenvalue weighted by molar-refractivity contribution is 0.583. The number of rotatable bonds is 8. The molecule has 0 unspecified atom stereocenters. The topological polar surface area (TPSA) is 71.1 Å². The molecule has 2 aromatic heterocycles. The van der Waals surface area contributed by atoms with Crippen LogP contribution in [0, 0.1) is 0 Å². The Morgan fingerprint density at radius 2 is 2.20 bits per heavy atom. The number of thiazole rings is 1. The third-order valence-electron chi connectivity index (χ3n) is 2.60. The van der Waals surface area contributed by atoms with Gasteiger partial charge in [-0.15, -0.1) is 22.7 Å². The predicted octanol–water partition coefficient (Wildman–Crippen LogP) is 1.84. The Bertz CT molecular complexity index is 620. The Morgan fingerprint density at radius 1 is 1.35 bits per heavy atom. The molecule has 2 aromatic rings. The third kappa shape index (κ3) is 4.35. The maximum atomic E-state index is 12.1. The zero-order chi connectivity index (χ0) is 14.4. The summed E-state index contributed by atoms with van der Waals surface area (Å²) < 4.78 is 27.2. The van der Waals surface area contributed by atoms with Gasteiger partial charge in [0.15, 0.2) is 0 Å². The molecular weight excluding hydrogens is 314 g/mol. The van der Waals surface area contributed by atoms with Crippen molar-refractivity contribution in [3.8, 4) is 0 Å². The van der Waals surface area contributed by atoms with E-state index < -0.39 is 10.0 Å². The molecule has 2 rings (SSSR count). The number of aromatic nitrogens is 1. The Morgan fingerprint density at radius 3 is 2.90 bits per heavy atom. The first kappa shape index (κ1) is 15.6. The molecule has 0 fully saturated rings. The van der Waals surface area contributed by atoms with E-state index in [9.17, 15) is 8.42 Å². The lowest BCUT2D eigenvalue weighted by Gasteiger charge is -2.02. The van der Waals surface area contributed by atoms with Crippen molar-refractivity contribution in [3.05, 3.63) is 33.6 Å². The van der Waals surface area contributed by atoms with Crippen molar-refractivity contribution in [1.29, 1.82) is 0 Å². The summed E-state index contributed by atoms with van der Waals surface area (Å²) in [6, 6.07) is 3.54. The van der Waals surface area contributed by atoms with Gasteiger partial charge in [-0.25, -0.2) is 18.1 Å². The van der Waals surface area contributed by atoms with E-state index in [2.05, 4.69) is 15.0 Å². The number of nitrogens with one attached hydrogen (secondary N) is 2. The fourth-order valence-electron chi connectivity index (χ4n) is 1.59. The summed E-state index contributed by atoms with van der Waals surface area (Å²) in [5.74, 6) is 0. The van der Waals surface area contributed by atoms with E-state index in [0.717, 1.165) is 29.4 Å². The van der Waals surface area contributed by atoms with E-state index in [-0.39, 0.29) is 6.54 Å². The summed E-state index contributed by atoms with van der Waals surface area (Å²) in [5, 5.41) is 5.81. The molecule has 0 amide bonds. The van der Waals surface area contributed by atoms with Crippen LogP contribution in [-0.4, -0.2) is 26.5 Å². The highest BCUT2D eigenvalue weighted by atomic mass is 32.2. The van der Waals surface area contributed by atoms with E-state index in [1.807, 2.05) is 18.4 Å². The molecule has 110 valence electrons. The number of hydrogen-bond donors (Lipinski definition) is 2. The molecule has 8 heteroatoms. The molecule has 0 aliphatic heterocycles. The first-order chi connectivity index (χ1) is 9.62. The zero-order valence-electron chi connectivity index (χ0n) is 11.1. The van der Waals surface area contributed by atoms with Gasteiger partial charge in [0.25, 0.3) is 0 Å². The molecule has 0 radical (unpaired) electrons. The summed E-state index contributed by atoms with van der Waals surface area (Å²) in [6.45, 7) is 4.08. The molecule has 0 aliphatic rings. The van der Waals surface area contributed by atoms with Crippen molar-refractivity contribution < 1.29 is 8.42 Å². The van der Waals surface area contributed by atoms with E-state index in [4.69, 9.17) is 0 Å². The second-order valence-electron chi connectivity index (χ2n) is 4.07. The standard InChI is InChI=1S/C12H17N3O2S3/c1-2-13-6-5-10-3-4-12(19-10)20(16,17)15-9-11-14-7-8-18-11/h3-4,7-8,13,15H,2,5-6,9H2,1H3. The fourth-order valence-corrected chi connectivity index (χ4v) is 4.63. The van der Waals surface area contributed by atoms with Gasteiger partial charge in [0.05, 0.1) is 6.54 Å². The Hall–Kier alpha value is -0.800. The second kappa shape index (κ2) is 7.28. The summed E-state index contributed by atoms with van der Waals surface area (Å²) in [5.41, 5.74) is 0. The van der Waals surface area contributed by atoms with Crippen LogP contribution in [0.4, 0.5) is 0 Å². The van der Waals surface area contributed by atoms with Crippen molar-refractivity contribution in [2.75, 3.05) is 13.1 Å². The molecule has 0 saturated heterocycles. The number of likely N-dealkylation sites (N-methyl/N-ethyl adjacent to an activating group) is 1. The van der Waals surface area contributed by atoms with Gasteiger partial charge in [-0.05, 0) is 31.6 Å².